The molecule has 1 aliphatic heterocycles. The summed E-state index contributed by atoms with van der Waals surface area (Å²) in [4.78, 5) is 23.8. The van der Waals surface area contributed by atoms with Gasteiger partial charge in [0.25, 0.3) is 0 Å². The average molecular weight is 351 g/mol. The number of cyclic esters (lactones) is 1. The monoisotopic (exact) mass is 351 g/mol. The van der Waals surface area contributed by atoms with Gasteiger partial charge in [0.15, 0.2) is 0 Å². The van der Waals surface area contributed by atoms with Crippen LogP contribution in [0.2, 0.25) is 0 Å². The molecule has 0 spiro atoms. The van der Waals surface area contributed by atoms with Crippen molar-refractivity contribution in [2.45, 2.75) is 18.9 Å². The number of benzene rings is 2. The highest BCUT2D eigenvalue weighted by molar-refractivity contribution is 5.96. The van der Waals surface area contributed by atoms with Crippen molar-refractivity contribution < 1.29 is 32.2 Å². The number of hydrogen-bond acceptors (Lipinski definition) is 4. The third kappa shape index (κ3) is 4.09. The van der Waals surface area contributed by atoms with Crippen LogP contribution in [0.15, 0.2) is 48.5 Å². The fraction of sp³-hybridized carbons (Fsp3) is 0.176. The molecule has 130 valence electrons. The Bertz CT molecular complexity index is 802. The first-order chi connectivity index (χ1) is 11.8. The topological polar surface area (TPSA) is 64.6 Å². The average Bonchev–Trinajstić information content (AvgIpc) is 2.84. The molecule has 0 fully saturated rings. The lowest BCUT2D eigenvalue weighted by Crippen LogP contribution is -2.17. The van der Waals surface area contributed by atoms with Gasteiger partial charge in [-0.05, 0) is 30.3 Å². The molecule has 0 saturated heterocycles. The van der Waals surface area contributed by atoms with Crippen molar-refractivity contribution in [2.24, 2.45) is 0 Å². The zero-order valence-electron chi connectivity index (χ0n) is 12.7. The molecule has 0 saturated carbocycles. The molecular weight excluding hydrogens is 339 g/mol. The van der Waals surface area contributed by atoms with Crippen LogP contribution in [0.1, 0.15) is 28.4 Å². The van der Waals surface area contributed by atoms with E-state index in [2.05, 4.69) is 10.1 Å². The van der Waals surface area contributed by atoms with Gasteiger partial charge in [-0.3, -0.25) is 4.79 Å². The van der Waals surface area contributed by atoms with E-state index >= 15 is 0 Å². The normalized spacial score (nSPS) is 16.1. The molecule has 1 aliphatic rings. The predicted molar refractivity (Wildman–Crippen MR) is 81.0 cm³/mol. The molecule has 2 aromatic carbocycles. The maximum Gasteiger partial charge on any atom is 0.573 e. The lowest BCUT2D eigenvalue weighted by Gasteiger charge is -2.12. The van der Waals surface area contributed by atoms with E-state index in [0.717, 1.165) is 12.1 Å². The van der Waals surface area contributed by atoms with Gasteiger partial charge in [0, 0.05) is 11.3 Å². The van der Waals surface area contributed by atoms with Crippen molar-refractivity contribution in [3.8, 4) is 5.75 Å². The highest BCUT2D eigenvalue weighted by atomic mass is 19.4. The molecule has 1 N–H and O–H groups in total. The second-order valence-electron chi connectivity index (χ2n) is 5.31. The molecule has 0 unspecified atom stereocenters. The summed E-state index contributed by atoms with van der Waals surface area (Å²) in [5, 5.41) is 2.54. The summed E-state index contributed by atoms with van der Waals surface area (Å²) in [5.74, 6) is -1.30. The van der Waals surface area contributed by atoms with E-state index in [1.165, 1.54) is 12.1 Å². The van der Waals surface area contributed by atoms with Crippen molar-refractivity contribution in [1.29, 1.82) is 0 Å². The third-order valence-corrected chi connectivity index (χ3v) is 3.52. The molecule has 0 bridgehead atoms. The Morgan fingerprint density at radius 3 is 2.48 bits per heavy atom. The molecule has 8 heteroatoms. The first-order valence-electron chi connectivity index (χ1n) is 7.27. The number of nitrogens with one attached hydrogen (secondary N) is 1. The van der Waals surface area contributed by atoms with Crippen LogP contribution in [0.3, 0.4) is 0 Å². The molecule has 5 nitrogen and oxygen atoms in total. The molecule has 2 aromatic rings. The summed E-state index contributed by atoms with van der Waals surface area (Å²) in [7, 11) is 0. The quantitative estimate of drug-likeness (QED) is 0.851. The first kappa shape index (κ1) is 16.8. The van der Waals surface area contributed by atoms with E-state index in [4.69, 9.17) is 4.74 Å². The zero-order valence-corrected chi connectivity index (χ0v) is 12.7. The van der Waals surface area contributed by atoms with E-state index < -0.39 is 24.3 Å². The molecular formula is C17H12F3NO4. The summed E-state index contributed by atoms with van der Waals surface area (Å²) < 4.78 is 45.2. The largest absolute Gasteiger partial charge is 0.573 e. The Morgan fingerprint density at radius 1 is 1.12 bits per heavy atom. The fourth-order valence-electron chi connectivity index (χ4n) is 2.49. The Kier molecular flexibility index (Phi) is 4.35. The number of hydrogen-bond donors (Lipinski definition) is 1. The maximum absolute atomic E-state index is 12.1. The second kappa shape index (κ2) is 6.46. The molecule has 0 aliphatic carbocycles. The summed E-state index contributed by atoms with van der Waals surface area (Å²) in [6, 6.07) is 11.5. The Balaban J connectivity index is 1.61. The molecule has 1 amide bonds. The zero-order chi connectivity index (χ0) is 18.0. The van der Waals surface area contributed by atoms with Crippen molar-refractivity contribution in [3.05, 3.63) is 59.7 Å². The van der Waals surface area contributed by atoms with Gasteiger partial charge in [-0.1, -0.05) is 18.2 Å². The van der Waals surface area contributed by atoms with Gasteiger partial charge in [-0.2, -0.15) is 0 Å². The number of rotatable bonds is 4. The van der Waals surface area contributed by atoms with Gasteiger partial charge in [-0.15, -0.1) is 13.2 Å². The minimum absolute atomic E-state index is 0.0937. The van der Waals surface area contributed by atoms with Gasteiger partial charge >= 0.3 is 12.3 Å². The predicted octanol–water partition coefficient (Wildman–Crippen LogP) is 3.83. The van der Waals surface area contributed by atoms with E-state index in [0.29, 0.717) is 16.8 Å². The summed E-state index contributed by atoms with van der Waals surface area (Å²) >= 11 is 0. The van der Waals surface area contributed by atoms with Crippen LogP contribution in [-0.2, 0) is 9.53 Å². The number of ether oxygens (including phenoxy) is 2. The van der Waals surface area contributed by atoms with Crippen LogP contribution in [-0.4, -0.2) is 18.2 Å². The van der Waals surface area contributed by atoms with Gasteiger partial charge in [0.1, 0.15) is 11.9 Å². The van der Waals surface area contributed by atoms with Crippen LogP contribution >= 0.6 is 0 Å². The van der Waals surface area contributed by atoms with Crippen molar-refractivity contribution in [2.75, 3.05) is 5.32 Å². The standard InChI is InChI=1S/C17H12F3NO4/c18-17(19,20)25-11-7-5-10(6-8-11)21-15(22)9-14-12-3-1-2-4-13(12)16(23)24-14/h1-8,14H,9H2,(H,21,22)/t14-/m0/s1. The van der Waals surface area contributed by atoms with Crippen LogP contribution in [0.4, 0.5) is 18.9 Å². The molecule has 1 heterocycles. The number of anilines is 1. The number of carbonyl (C=O) groups excluding carboxylic acids is 2. The summed E-state index contributed by atoms with van der Waals surface area (Å²) in [6.07, 6.45) is -5.55. The minimum atomic E-state index is -4.77. The third-order valence-electron chi connectivity index (χ3n) is 3.52. The molecule has 3 rings (SSSR count). The molecule has 1 atom stereocenters. The van der Waals surface area contributed by atoms with Crippen molar-refractivity contribution >= 4 is 17.6 Å². The lowest BCUT2D eigenvalue weighted by atomic mass is 10.0. The van der Waals surface area contributed by atoms with Gasteiger partial charge in [0.2, 0.25) is 5.91 Å². The highest BCUT2D eigenvalue weighted by Gasteiger charge is 2.32. The van der Waals surface area contributed by atoms with Crippen LogP contribution in [0, 0.1) is 0 Å². The smallest absolute Gasteiger partial charge is 0.453 e. The minimum Gasteiger partial charge on any atom is -0.453 e. The summed E-state index contributed by atoms with van der Waals surface area (Å²) in [6.45, 7) is 0. The lowest BCUT2D eigenvalue weighted by molar-refractivity contribution is -0.274. The van der Waals surface area contributed by atoms with E-state index in [-0.39, 0.29) is 12.2 Å². The van der Waals surface area contributed by atoms with Crippen molar-refractivity contribution in [1.82, 2.24) is 0 Å². The number of fused-ring (bicyclic) bond motifs is 1. The SMILES string of the molecule is O=C(C[C@@H]1OC(=O)c2ccccc21)Nc1ccc(OC(F)(F)F)cc1. The van der Waals surface area contributed by atoms with E-state index in [1.807, 2.05) is 0 Å². The van der Waals surface area contributed by atoms with Crippen LogP contribution in [0.25, 0.3) is 0 Å². The Labute approximate surface area is 140 Å². The van der Waals surface area contributed by atoms with Gasteiger partial charge in [-0.25, -0.2) is 4.79 Å². The summed E-state index contributed by atoms with van der Waals surface area (Å²) in [5.41, 5.74) is 1.36. The number of carbonyl (C=O) groups is 2. The van der Waals surface area contributed by atoms with Crippen molar-refractivity contribution in [3.63, 3.8) is 0 Å². The second-order valence-corrected chi connectivity index (χ2v) is 5.31. The number of halogens is 3. The van der Waals surface area contributed by atoms with Gasteiger partial charge in [0.05, 0.1) is 12.0 Å². The van der Waals surface area contributed by atoms with Crippen LogP contribution in [0.5, 0.6) is 5.75 Å². The molecule has 25 heavy (non-hydrogen) atoms. The highest BCUT2D eigenvalue weighted by Crippen LogP contribution is 2.33. The number of esters is 1. The van der Waals surface area contributed by atoms with E-state index in [1.54, 1.807) is 24.3 Å². The molecule has 0 aromatic heterocycles. The maximum atomic E-state index is 12.1. The first-order valence-corrected chi connectivity index (χ1v) is 7.27. The van der Waals surface area contributed by atoms with Gasteiger partial charge < -0.3 is 14.8 Å². The number of amides is 1. The Hall–Kier alpha value is -3.03. The van der Waals surface area contributed by atoms with E-state index in [9.17, 15) is 22.8 Å². The molecule has 0 radical (unpaired) electrons. The number of alkyl halides is 3. The fourth-order valence-corrected chi connectivity index (χ4v) is 2.49. The Morgan fingerprint density at radius 2 is 1.80 bits per heavy atom. The van der Waals surface area contributed by atoms with Crippen LogP contribution < -0.4 is 10.1 Å².